The van der Waals surface area contributed by atoms with Crippen molar-refractivity contribution in [3.8, 4) is 5.75 Å². The molecule has 0 N–H and O–H groups in total. The van der Waals surface area contributed by atoms with Crippen LogP contribution in [0.3, 0.4) is 0 Å². The molecule has 1 aromatic heterocycles. The lowest BCUT2D eigenvalue weighted by atomic mass is 10.0. The zero-order chi connectivity index (χ0) is 13.1. The van der Waals surface area contributed by atoms with Gasteiger partial charge in [0.25, 0.3) is 0 Å². The van der Waals surface area contributed by atoms with E-state index in [-0.39, 0.29) is 5.78 Å². The Labute approximate surface area is 114 Å². The number of nitrogens with zero attached hydrogens (tertiary/aromatic N) is 1. The summed E-state index contributed by atoms with van der Waals surface area (Å²) in [4.78, 5) is 16.3. The van der Waals surface area contributed by atoms with Crippen LogP contribution < -0.4 is 4.74 Å². The van der Waals surface area contributed by atoms with Crippen molar-refractivity contribution in [2.24, 2.45) is 0 Å². The van der Waals surface area contributed by atoms with E-state index in [1.807, 2.05) is 13.0 Å². The summed E-state index contributed by atoms with van der Waals surface area (Å²) in [6.45, 7) is 1.91. The number of pyridine rings is 1. The molecule has 18 heavy (non-hydrogen) atoms. The van der Waals surface area contributed by atoms with E-state index in [4.69, 9.17) is 4.74 Å². The molecule has 0 aliphatic rings. The third kappa shape index (κ3) is 2.59. The molecule has 0 amide bonds. The van der Waals surface area contributed by atoms with Gasteiger partial charge in [0.2, 0.25) is 0 Å². The molecule has 1 heterocycles. The van der Waals surface area contributed by atoms with Crippen LogP contribution in [0.25, 0.3) is 0 Å². The van der Waals surface area contributed by atoms with Gasteiger partial charge in [-0.1, -0.05) is 0 Å². The van der Waals surface area contributed by atoms with Crippen LogP contribution in [0.15, 0.2) is 41.1 Å². The molecule has 0 atom stereocenters. The Morgan fingerprint density at radius 1 is 1.22 bits per heavy atom. The van der Waals surface area contributed by atoms with Gasteiger partial charge in [-0.25, -0.2) is 0 Å². The van der Waals surface area contributed by atoms with E-state index in [0.717, 1.165) is 10.0 Å². The SMILES string of the molecule is COc1ccc(C(=O)c2cncc(C)c2)cc1Br. The first kappa shape index (κ1) is 12.8. The fraction of sp³-hybridized carbons (Fsp3) is 0.143. The minimum absolute atomic E-state index is 0.0467. The Kier molecular flexibility index (Phi) is 3.77. The summed E-state index contributed by atoms with van der Waals surface area (Å²) in [5.41, 5.74) is 2.16. The fourth-order valence-electron chi connectivity index (χ4n) is 1.65. The second-order valence-corrected chi connectivity index (χ2v) is 4.78. The Hall–Kier alpha value is -1.68. The van der Waals surface area contributed by atoms with Gasteiger partial charge in [0, 0.05) is 23.5 Å². The molecular weight excluding hydrogens is 294 g/mol. The lowest BCUT2D eigenvalue weighted by molar-refractivity contribution is 0.103. The maximum atomic E-state index is 12.2. The first-order valence-corrected chi connectivity index (χ1v) is 6.21. The van der Waals surface area contributed by atoms with Crippen LogP contribution >= 0.6 is 15.9 Å². The first-order valence-electron chi connectivity index (χ1n) is 5.41. The predicted molar refractivity (Wildman–Crippen MR) is 73.1 cm³/mol. The molecule has 0 radical (unpaired) electrons. The number of benzene rings is 1. The number of aromatic nitrogens is 1. The fourth-order valence-corrected chi connectivity index (χ4v) is 2.19. The number of ether oxygens (including phenoxy) is 1. The lowest BCUT2D eigenvalue weighted by Gasteiger charge is -2.06. The quantitative estimate of drug-likeness (QED) is 0.816. The van der Waals surface area contributed by atoms with Crippen molar-refractivity contribution < 1.29 is 9.53 Å². The molecule has 0 saturated heterocycles. The molecule has 2 aromatic rings. The molecule has 0 spiro atoms. The summed E-state index contributed by atoms with van der Waals surface area (Å²) < 4.78 is 5.89. The van der Waals surface area contributed by atoms with Gasteiger partial charge in [-0.3, -0.25) is 9.78 Å². The molecule has 92 valence electrons. The molecule has 4 heteroatoms. The minimum atomic E-state index is -0.0467. The van der Waals surface area contributed by atoms with Gasteiger partial charge in [0.05, 0.1) is 11.6 Å². The second-order valence-electron chi connectivity index (χ2n) is 3.93. The smallest absolute Gasteiger partial charge is 0.194 e. The molecule has 0 saturated carbocycles. The normalized spacial score (nSPS) is 10.2. The Morgan fingerprint density at radius 2 is 2.00 bits per heavy atom. The number of hydrogen-bond acceptors (Lipinski definition) is 3. The van der Waals surface area contributed by atoms with Crippen molar-refractivity contribution in [2.45, 2.75) is 6.92 Å². The van der Waals surface area contributed by atoms with Crippen molar-refractivity contribution in [3.63, 3.8) is 0 Å². The van der Waals surface area contributed by atoms with E-state index in [0.29, 0.717) is 16.9 Å². The first-order chi connectivity index (χ1) is 8.61. The Morgan fingerprint density at radius 3 is 2.61 bits per heavy atom. The number of halogens is 1. The second kappa shape index (κ2) is 5.31. The average molecular weight is 306 g/mol. The van der Waals surface area contributed by atoms with E-state index in [1.165, 1.54) is 0 Å². The molecule has 1 aromatic carbocycles. The molecule has 3 nitrogen and oxygen atoms in total. The van der Waals surface area contributed by atoms with Gasteiger partial charge >= 0.3 is 0 Å². The van der Waals surface area contributed by atoms with Crippen molar-refractivity contribution in [1.29, 1.82) is 0 Å². The highest BCUT2D eigenvalue weighted by molar-refractivity contribution is 9.10. The van der Waals surface area contributed by atoms with Crippen LogP contribution in [0.2, 0.25) is 0 Å². The number of hydrogen-bond donors (Lipinski definition) is 0. The number of carbonyl (C=O) groups excluding carboxylic acids is 1. The number of carbonyl (C=O) groups is 1. The van der Waals surface area contributed by atoms with Crippen molar-refractivity contribution in [1.82, 2.24) is 4.98 Å². The summed E-state index contributed by atoms with van der Waals surface area (Å²) in [5, 5.41) is 0. The summed E-state index contributed by atoms with van der Waals surface area (Å²) in [5.74, 6) is 0.656. The summed E-state index contributed by atoms with van der Waals surface area (Å²) >= 11 is 3.37. The number of aryl methyl sites for hydroxylation is 1. The monoisotopic (exact) mass is 305 g/mol. The zero-order valence-corrected chi connectivity index (χ0v) is 11.7. The van der Waals surface area contributed by atoms with Crippen LogP contribution in [0, 0.1) is 6.92 Å². The van der Waals surface area contributed by atoms with Gasteiger partial charge in [-0.15, -0.1) is 0 Å². The molecule has 0 bridgehead atoms. The van der Waals surface area contributed by atoms with Crippen LogP contribution in [0.4, 0.5) is 0 Å². The van der Waals surface area contributed by atoms with E-state index >= 15 is 0 Å². The largest absolute Gasteiger partial charge is 0.496 e. The lowest BCUT2D eigenvalue weighted by Crippen LogP contribution is -2.02. The predicted octanol–water partition coefficient (Wildman–Crippen LogP) is 3.39. The summed E-state index contributed by atoms with van der Waals surface area (Å²) in [6.07, 6.45) is 3.30. The van der Waals surface area contributed by atoms with Crippen molar-refractivity contribution in [2.75, 3.05) is 7.11 Å². The van der Waals surface area contributed by atoms with Gasteiger partial charge in [-0.2, -0.15) is 0 Å². The van der Waals surface area contributed by atoms with E-state index in [2.05, 4.69) is 20.9 Å². The standard InChI is InChI=1S/C14H12BrNO2/c1-9-5-11(8-16-7-9)14(17)10-3-4-13(18-2)12(15)6-10/h3-8H,1-2H3. The maximum absolute atomic E-state index is 12.2. The minimum Gasteiger partial charge on any atom is -0.496 e. The van der Waals surface area contributed by atoms with Crippen molar-refractivity contribution >= 4 is 21.7 Å². The Balaban J connectivity index is 2.37. The van der Waals surface area contributed by atoms with Crippen LogP contribution in [0.1, 0.15) is 21.5 Å². The number of rotatable bonds is 3. The van der Waals surface area contributed by atoms with E-state index < -0.39 is 0 Å². The third-order valence-corrected chi connectivity index (χ3v) is 3.17. The highest BCUT2D eigenvalue weighted by Crippen LogP contribution is 2.26. The maximum Gasteiger partial charge on any atom is 0.194 e. The zero-order valence-electron chi connectivity index (χ0n) is 10.1. The van der Waals surface area contributed by atoms with Crippen LogP contribution in [0.5, 0.6) is 5.75 Å². The van der Waals surface area contributed by atoms with Gasteiger partial charge in [0.15, 0.2) is 5.78 Å². The highest BCUT2D eigenvalue weighted by atomic mass is 79.9. The van der Waals surface area contributed by atoms with Crippen LogP contribution in [-0.4, -0.2) is 17.9 Å². The number of methoxy groups -OCH3 is 1. The van der Waals surface area contributed by atoms with Gasteiger partial charge in [-0.05, 0) is 52.7 Å². The molecule has 0 fully saturated rings. The van der Waals surface area contributed by atoms with Gasteiger partial charge in [0.1, 0.15) is 5.75 Å². The third-order valence-electron chi connectivity index (χ3n) is 2.55. The molecule has 0 unspecified atom stereocenters. The number of ketones is 1. The van der Waals surface area contributed by atoms with Gasteiger partial charge < -0.3 is 4.74 Å². The topological polar surface area (TPSA) is 39.2 Å². The molecular formula is C14H12BrNO2. The van der Waals surface area contributed by atoms with Crippen molar-refractivity contribution in [3.05, 3.63) is 57.8 Å². The molecule has 0 aliphatic carbocycles. The molecule has 2 rings (SSSR count). The van der Waals surface area contributed by atoms with Crippen LogP contribution in [-0.2, 0) is 0 Å². The molecule has 0 aliphatic heterocycles. The summed E-state index contributed by atoms with van der Waals surface area (Å²) in [7, 11) is 1.59. The van der Waals surface area contributed by atoms with E-state index in [9.17, 15) is 4.79 Å². The highest BCUT2D eigenvalue weighted by Gasteiger charge is 2.11. The Bertz CT molecular complexity index is 596. The van der Waals surface area contributed by atoms with E-state index in [1.54, 1.807) is 37.7 Å². The average Bonchev–Trinajstić information content (AvgIpc) is 2.37. The summed E-state index contributed by atoms with van der Waals surface area (Å²) in [6, 6.07) is 7.09.